The summed E-state index contributed by atoms with van der Waals surface area (Å²) in [6.07, 6.45) is 3.52. The van der Waals surface area contributed by atoms with Crippen LogP contribution < -0.4 is 0 Å². The van der Waals surface area contributed by atoms with Gasteiger partial charge in [0.25, 0.3) is 0 Å². The molecule has 1 saturated carbocycles. The molecule has 0 unspecified atom stereocenters. The molecule has 2 radical (unpaired) electrons. The summed E-state index contributed by atoms with van der Waals surface area (Å²) in [7, 11) is 0. The van der Waals surface area contributed by atoms with Crippen molar-refractivity contribution in [2.75, 3.05) is 5.88 Å². The average Bonchev–Trinajstić information content (AvgIpc) is 2.64. The van der Waals surface area contributed by atoms with Crippen LogP contribution >= 0.6 is 11.6 Å². The van der Waals surface area contributed by atoms with Crippen molar-refractivity contribution < 1.29 is 4.79 Å². The second-order valence-electron chi connectivity index (χ2n) is 3.03. The predicted molar refractivity (Wildman–Crippen MR) is 40.9 cm³/mol. The molecule has 0 aliphatic heterocycles. The van der Waals surface area contributed by atoms with Crippen LogP contribution in [0.3, 0.4) is 0 Å². The van der Waals surface area contributed by atoms with E-state index in [-0.39, 0.29) is 17.1 Å². The summed E-state index contributed by atoms with van der Waals surface area (Å²) in [5.74, 6) is 0.245. The van der Waals surface area contributed by atoms with Gasteiger partial charge in [-0.2, -0.15) is 0 Å². The first-order valence-corrected chi connectivity index (χ1v) is 4.06. The summed E-state index contributed by atoms with van der Waals surface area (Å²) in [5, 5.41) is 0. The van der Waals surface area contributed by atoms with Crippen LogP contribution in [-0.4, -0.2) is 11.7 Å². The lowest BCUT2D eigenvalue weighted by atomic mass is 10.0. The van der Waals surface area contributed by atoms with Crippen LogP contribution in [0.2, 0.25) is 0 Å². The molecule has 0 amide bonds. The van der Waals surface area contributed by atoms with Crippen molar-refractivity contribution in [1.82, 2.24) is 0 Å². The van der Waals surface area contributed by atoms with E-state index in [1.807, 2.05) is 0 Å². The zero-order valence-corrected chi connectivity index (χ0v) is 6.66. The zero-order chi connectivity index (χ0) is 7.61. The van der Waals surface area contributed by atoms with Crippen LogP contribution in [0, 0.1) is 12.3 Å². The van der Waals surface area contributed by atoms with Crippen LogP contribution in [0.25, 0.3) is 0 Å². The van der Waals surface area contributed by atoms with Gasteiger partial charge in [0, 0.05) is 6.42 Å². The first kappa shape index (κ1) is 8.06. The summed E-state index contributed by atoms with van der Waals surface area (Å²) in [5.41, 5.74) is 0.00171. The molecule has 0 saturated heterocycles. The fourth-order valence-corrected chi connectivity index (χ4v) is 0.999. The van der Waals surface area contributed by atoms with Crippen molar-refractivity contribution in [3.8, 4) is 0 Å². The second-order valence-corrected chi connectivity index (χ2v) is 3.30. The van der Waals surface area contributed by atoms with Crippen molar-refractivity contribution in [1.29, 1.82) is 0 Å². The van der Waals surface area contributed by atoms with E-state index >= 15 is 0 Å². The van der Waals surface area contributed by atoms with Crippen molar-refractivity contribution in [2.24, 2.45) is 5.41 Å². The lowest BCUT2D eigenvalue weighted by Gasteiger charge is -2.03. The molecule has 10 heavy (non-hydrogen) atoms. The summed E-state index contributed by atoms with van der Waals surface area (Å²) >= 11 is 5.31. The molecule has 1 aliphatic carbocycles. The van der Waals surface area contributed by atoms with E-state index in [9.17, 15) is 4.79 Å². The molecular formula is C8H11ClO. The SMILES string of the molecule is [CH]C1(CCC(=O)CCl)CC1. The molecule has 1 rings (SSSR count). The summed E-state index contributed by atoms with van der Waals surface area (Å²) in [4.78, 5) is 10.7. The van der Waals surface area contributed by atoms with Gasteiger partial charge in [-0.1, -0.05) is 0 Å². The topological polar surface area (TPSA) is 17.1 Å². The molecule has 1 fully saturated rings. The molecule has 1 aliphatic rings. The Morgan fingerprint density at radius 2 is 2.20 bits per heavy atom. The van der Waals surface area contributed by atoms with Crippen molar-refractivity contribution in [3.63, 3.8) is 0 Å². The third-order valence-electron chi connectivity index (χ3n) is 1.94. The first-order chi connectivity index (χ1) is 4.66. The van der Waals surface area contributed by atoms with Crippen molar-refractivity contribution >= 4 is 17.4 Å². The van der Waals surface area contributed by atoms with E-state index in [1.165, 1.54) is 0 Å². The van der Waals surface area contributed by atoms with E-state index in [4.69, 9.17) is 18.5 Å². The summed E-state index contributed by atoms with van der Waals surface area (Å²) < 4.78 is 0. The van der Waals surface area contributed by atoms with Gasteiger partial charge in [0.05, 0.1) is 5.88 Å². The number of Topliss-reactive ketones (excluding diaryl/α,β-unsaturated/α-hetero) is 1. The minimum atomic E-state index is 0.00171. The van der Waals surface area contributed by atoms with Crippen LogP contribution in [-0.2, 0) is 4.79 Å². The van der Waals surface area contributed by atoms with E-state index in [2.05, 4.69) is 0 Å². The maximum absolute atomic E-state index is 10.7. The Hall–Kier alpha value is -0.0400. The number of halogens is 1. The molecule has 0 aromatic rings. The van der Waals surface area contributed by atoms with E-state index in [0.717, 1.165) is 19.3 Å². The Balaban J connectivity index is 2.10. The maximum atomic E-state index is 10.7. The number of carbonyl (C=O) groups is 1. The third kappa shape index (κ3) is 2.30. The second kappa shape index (κ2) is 2.91. The number of alkyl halides is 1. The van der Waals surface area contributed by atoms with Crippen LogP contribution in [0.15, 0.2) is 0 Å². The Morgan fingerprint density at radius 1 is 1.60 bits per heavy atom. The Bertz CT molecular complexity index is 138. The van der Waals surface area contributed by atoms with Crippen LogP contribution in [0.5, 0.6) is 0 Å². The third-order valence-corrected chi connectivity index (χ3v) is 2.24. The number of hydrogen-bond donors (Lipinski definition) is 0. The normalized spacial score (nSPS) is 20.6. The molecule has 2 heteroatoms. The van der Waals surface area contributed by atoms with Gasteiger partial charge in [-0.15, -0.1) is 11.6 Å². The summed E-state index contributed by atoms with van der Waals surface area (Å²) in [6.45, 7) is 5.75. The highest BCUT2D eigenvalue weighted by molar-refractivity contribution is 6.27. The number of rotatable bonds is 4. The van der Waals surface area contributed by atoms with Gasteiger partial charge in [0.2, 0.25) is 0 Å². The average molecular weight is 159 g/mol. The molecule has 0 aromatic heterocycles. The lowest BCUT2D eigenvalue weighted by Crippen LogP contribution is -2.03. The molecule has 0 atom stereocenters. The predicted octanol–water partition coefficient (Wildman–Crippen LogP) is 2.07. The lowest BCUT2D eigenvalue weighted by molar-refractivity contribution is -0.117. The number of carbonyl (C=O) groups excluding carboxylic acids is 1. The quantitative estimate of drug-likeness (QED) is 0.573. The van der Waals surface area contributed by atoms with Crippen molar-refractivity contribution in [2.45, 2.75) is 25.7 Å². The highest BCUT2D eigenvalue weighted by atomic mass is 35.5. The van der Waals surface area contributed by atoms with Gasteiger partial charge < -0.3 is 0 Å². The summed E-state index contributed by atoms with van der Waals surface area (Å²) in [6, 6.07) is 0. The molecule has 0 N–H and O–H groups in total. The standard InChI is InChI=1S/C8H11ClO/c1-8(4-5-8)3-2-7(10)6-9/h1H,2-6H2. The highest BCUT2D eigenvalue weighted by Crippen LogP contribution is 2.48. The van der Waals surface area contributed by atoms with Gasteiger partial charge in [0.1, 0.15) is 5.78 Å². The van der Waals surface area contributed by atoms with Gasteiger partial charge in [-0.3, -0.25) is 4.79 Å². The van der Waals surface area contributed by atoms with Gasteiger partial charge in [-0.05, 0) is 31.6 Å². The fraction of sp³-hybridized carbons (Fsp3) is 0.750. The molecule has 1 nitrogen and oxygen atoms in total. The molecular weight excluding hydrogens is 148 g/mol. The van der Waals surface area contributed by atoms with E-state index < -0.39 is 0 Å². The largest absolute Gasteiger partial charge is 0.298 e. The number of hydrogen-bond acceptors (Lipinski definition) is 1. The first-order valence-electron chi connectivity index (χ1n) is 3.53. The molecule has 0 aromatic carbocycles. The van der Waals surface area contributed by atoms with Gasteiger partial charge >= 0.3 is 0 Å². The zero-order valence-electron chi connectivity index (χ0n) is 5.90. The van der Waals surface area contributed by atoms with Crippen LogP contribution in [0.1, 0.15) is 25.7 Å². The number of ketones is 1. The molecule has 0 spiro atoms. The Kier molecular flexibility index (Phi) is 2.35. The Morgan fingerprint density at radius 3 is 2.60 bits per heavy atom. The van der Waals surface area contributed by atoms with E-state index in [0.29, 0.717) is 6.42 Å². The highest BCUT2D eigenvalue weighted by Gasteiger charge is 2.37. The Labute approximate surface area is 66.8 Å². The minimum Gasteiger partial charge on any atom is -0.298 e. The maximum Gasteiger partial charge on any atom is 0.147 e. The van der Waals surface area contributed by atoms with Crippen LogP contribution in [0.4, 0.5) is 0 Å². The fourth-order valence-electron chi connectivity index (χ4n) is 0.866. The smallest absolute Gasteiger partial charge is 0.147 e. The van der Waals surface area contributed by atoms with Crippen molar-refractivity contribution in [3.05, 3.63) is 6.92 Å². The van der Waals surface area contributed by atoms with Gasteiger partial charge in [0.15, 0.2) is 0 Å². The van der Waals surface area contributed by atoms with E-state index in [1.54, 1.807) is 0 Å². The molecule has 0 heterocycles. The monoisotopic (exact) mass is 158 g/mol. The van der Waals surface area contributed by atoms with Gasteiger partial charge in [-0.25, -0.2) is 0 Å². The molecule has 0 bridgehead atoms. The minimum absolute atomic E-state index is 0.00171. The molecule has 56 valence electrons.